The van der Waals surface area contributed by atoms with Crippen LogP contribution in [0.15, 0.2) is 24.5 Å². The average molecular weight is 270 g/mol. The van der Waals surface area contributed by atoms with Crippen LogP contribution in [-0.4, -0.2) is 24.3 Å². The summed E-state index contributed by atoms with van der Waals surface area (Å²) in [4.78, 5) is 4.70. The molecule has 2 aromatic heterocycles. The predicted molar refractivity (Wildman–Crippen MR) is 78.2 cm³/mol. The van der Waals surface area contributed by atoms with E-state index in [0.29, 0.717) is 6.54 Å². The zero-order valence-electron chi connectivity index (χ0n) is 11.7. The van der Waals surface area contributed by atoms with Gasteiger partial charge in [-0.15, -0.1) is 10.2 Å². The van der Waals surface area contributed by atoms with Gasteiger partial charge in [0.2, 0.25) is 0 Å². The molecule has 0 aliphatic carbocycles. The second-order valence-electron chi connectivity index (χ2n) is 4.97. The number of anilines is 1. The normalized spacial score (nSPS) is 11.3. The predicted octanol–water partition coefficient (Wildman–Crippen LogP) is 1.75. The molecule has 0 fully saturated rings. The van der Waals surface area contributed by atoms with Gasteiger partial charge in [0.25, 0.3) is 0 Å². The van der Waals surface area contributed by atoms with Gasteiger partial charge in [0.1, 0.15) is 12.2 Å². The second kappa shape index (κ2) is 4.96. The second-order valence-corrected chi connectivity index (χ2v) is 4.97. The zero-order chi connectivity index (χ0) is 14.1. The number of hydrogen-bond acceptors (Lipinski definition) is 4. The number of nitrogens with zero attached hydrogens (tertiary/aromatic N) is 5. The highest BCUT2D eigenvalue weighted by atomic mass is 15.3. The minimum Gasteiger partial charge on any atom is -0.399 e. The van der Waals surface area contributed by atoms with Gasteiger partial charge in [-0.05, 0) is 24.6 Å². The number of aryl methyl sites for hydroxylation is 2. The maximum atomic E-state index is 5.84. The lowest BCUT2D eigenvalue weighted by molar-refractivity contribution is 0.666. The summed E-state index contributed by atoms with van der Waals surface area (Å²) in [6.07, 6.45) is 3.70. The van der Waals surface area contributed by atoms with Crippen molar-refractivity contribution in [3.63, 3.8) is 0 Å². The van der Waals surface area contributed by atoms with Crippen molar-refractivity contribution in [3.8, 4) is 0 Å². The molecule has 2 N–H and O–H groups in total. The van der Waals surface area contributed by atoms with Crippen LogP contribution in [0.3, 0.4) is 0 Å². The van der Waals surface area contributed by atoms with E-state index in [-0.39, 0.29) is 0 Å². The Balaban J connectivity index is 2.11. The molecule has 0 atom stereocenters. The molecule has 0 unspecified atom stereocenters. The van der Waals surface area contributed by atoms with Gasteiger partial charge in [0.05, 0.1) is 17.6 Å². The summed E-state index contributed by atoms with van der Waals surface area (Å²) in [7, 11) is 1.95. The van der Waals surface area contributed by atoms with Crippen LogP contribution < -0.4 is 5.73 Å². The van der Waals surface area contributed by atoms with E-state index in [1.54, 1.807) is 6.33 Å². The van der Waals surface area contributed by atoms with E-state index in [0.717, 1.165) is 41.2 Å². The van der Waals surface area contributed by atoms with Gasteiger partial charge >= 0.3 is 0 Å². The monoisotopic (exact) mass is 270 g/mol. The van der Waals surface area contributed by atoms with Crippen LogP contribution in [0.2, 0.25) is 0 Å². The highest BCUT2D eigenvalue weighted by Gasteiger charge is 2.12. The van der Waals surface area contributed by atoms with Crippen molar-refractivity contribution in [2.45, 2.75) is 26.3 Å². The van der Waals surface area contributed by atoms with Crippen LogP contribution in [0.5, 0.6) is 0 Å². The molecule has 3 rings (SSSR count). The Morgan fingerprint density at radius 3 is 2.80 bits per heavy atom. The maximum Gasteiger partial charge on any atom is 0.152 e. The van der Waals surface area contributed by atoms with E-state index in [1.165, 1.54) is 0 Å². The van der Waals surface area contributed by atoms with Gasteiger partial charge in [-0.1, -0.05) is 6.92 Å². The third-order valence-corrected chi connectivity index (χ3v) is 3.43. The number of nitrogen functional groups attached to an aromatic ring is 1. The fourth-order valence-electron chi connectivity index (χ4n) is 2.38. The number of imidazole rings is 1. The van der Waals surface area contributed by atoms with Gasteiger partial charge in [0, 0.05) is 19.2 Å². The van der Waals surface area contributed by atoms with Gasteiger partial charge in [-0.25, -0.2) is 4.98 Å². The van der Waals surface area contributed by atoms with E-state index in [4.69, 9.17) is 10.7 Å². The Morgan fingerprint density at radius 2 is 2.10 bits per heavy atom. The van der Waals surface area contributed by atoms with Crippen LogP contribution in [0, 0.1) is 0 Å². The first-order valence-corrected chi connectivity index (χ1v) is 6.76. The minimum atomic E-state index is 0.673. The Bertz CT molecular complexity index is 739. The molecular weight excluding hydrogens is 252 g/mol. The molecule has 0 amide bonds. The quantitative estimate of drug-likeness (QED) is 0.733. The molecule has 0 radical (unpaired) electrons. The first-order valence-electron chi connectivity index (χ1n) is 6.76. The Hall–Kier alpha value is -2.37. The van der Waals surface area contributed by atoms with Crippen LogP contribution >= 0.6 is 0 Å². The Labute approximate surface area is 117 Å². The smallest absolute Gasteiger partial charge is 0.152 e. The SMILES string of the molecule is CCCc1nc2cc(N)ccc2n1Cc1nncn1C. The fourth-order valence-corrected chi connectivity index (χ4v) is 2.38. The van der Waals surface area contributed by atoms with E-state index in [9.17, 15) is 0 Å². The van der Waals surface area contributed by atoms with Crippen molar-refractivity contribution in [2.24, 2.45) is 7.05 Å². The molecule has 0 spiro atoms. The topological polar surface area (TPSA) is 74.6 Å². The van der Waals surface area contributed by atoms with Crippen molar-refractivity contribution < 1.29 is 0 Å². The first kappa shape index (κ1) is 12.7. The molecule has 1 aromatic carbocycles. The third kappa shape index (κ3) is 2.13. The fraction of sp³-hybridized carbons (Fsp3) is 0.357. The lowest BCUT2D eigenvalue weighted by Gasteiger charge is -2.08. The van der Waals surface area contributed by atoms with Crippen molar-refractivity contribution in [1.82, 2.24) is 24.3 Å². The average Bonchev–Trinajstić information content (AvgIpc) is 2.96. The molecule has 0 saturated heterocycles. The van der Waals surface area contributed by atoms with Crippen molar-refractivity contribution in [1.29, 1.82) is 0 Å². The summed E-state index contributed by atoms with van der Waals surface area (Å²) in [5.41, 5.74) is 8.61. The molecule has 20 heavy (non-hydrogen) atoms. The van der Waals surface area contributed by atoms with Gasteiger partial charge in [0.15, 0.2) is 5.82 Å². The number of benzene rings is 1. The van der Waals surface area contributed by atoms with E-state index in [1.807, 2.05) is 29.8 Å². The lowest BCUT2D eigenvalue weighted by Crippen LogP contribution is -2.09. The summed E-state index contributed by atoms with van der Waals surface area (Å²) in [5.74, 6) is 1.98. The Kier molecular flexibility index (Phi) is 3.14. The standard InChI is InChI=1S/C14H18N6/c1-3-4-13-17-11-7-10(15)5-6-12(11)20(13)8-14-18-16-9-19(14)2/h5-7,9H,3-4,8,15H2,1-2H3. The summed E-state index contributed by atoms with van der Waals surface area (Å²) in [5, 5.41) is 8.09. The molecule has 0 aliphatic rings. The number of rotatable bonds is 4. The van der Waals surface area contributed by atoms with Crippen LogP contribution in [0.25, 0.3) is 11.0 Å². The summed E-state index contributed by atoms with van der Waals surface area (Å²) < 4.78 is 4.13. The molecule has 104 valence electrons. The summed E-state index contributed by atoms with van der Waals surface area (Å²) >= 11 is 0. The molecule has 3 aromatic rings. The highest BCUT2D eigenvalue weighted by molar-refractivity contribution is 5.79. The van der Waals surface area contributed by atoms with Crippen LogP contribution in [0.1, 0.15) is 25.0 Å². The number of aromatic nitrogens is 5. The largest absolute Gasteiger partial charge is 0.399 e. The Morgan fingerprint density at radius 1 is 1.25 bits per heavy atom. The van der Waals surface area contributed by atoms with Crippen LogP contribution in [0.4, 0.5) is 5.69 Å². The minimum absolute atomic E-state index is 0.673. The lowest BCUT2D eigenvalue weighted by atomic mass is 10.3. The number of nitrogens with two attached hydrogens (primary N) is 1. The molecule has 6 heteroatoms. The first-order chi connectivity index (χ1) is 9.69. The molecule has 0 aliphatic heterocycles. The highest BCUT2D eigenvalue weighted by Crippen LogP contribution is 2.21. The number of hydrogen-bond donors (Lipinski definition) is 1. The molecule has 6 nitrogen and oxygen atoms in total. The molecule has 2 heterocycles. The molecule has 0 bridgehead atoms. The van der Waals surface area contributed by atoms with Crippen molar-refractivity contribution >= 4 is 16.7 Å². The van der Waals surface area contributed by atoms with Crippen molar-refractivity contribution in [2.75, 3.05) is 5.73 Å². The third-order valence-electron chi connectivity index (χ3n) is 3.43. The van der Waals surface area contributed by atoms with Gasteiger partial charge in [-0.3, -0.25) is 0 Å². The van der Waals surface area contributed by atoms with E-state index < -0.39 is 0 Å². The summed E-state index contributed by atoms with van der Waals surface area (Å²) in [6.45, 7) is 2.83. The van der Waals surface area contributed by atoms with E-state index in [2.05, 4.69) is 21.7 Å². The van der Waals surface area contributed by atoms with Crippen molar-refractivity contribution in [3.05, 3.63) is 36.2 Å². The number of fused-ring (bicyclic) bond motifs is 1. The van der Waals surface area contributed by atoms with Gasteiger partial charge < -0.3 is 14.9 Å². The molecular formula is C14H18N6. The van der Waals surface area contributed by atoms with E-state index >= 15 is 0 Å². The maximum absolute atomic E-state index is 5.84. The van der Waals surface area contributed by atoms with Crippen LogP contribution in [-0.2, 0) is 20.0 Å². The zero-order valence-corrected chi connectivity index (χ0v) is 11.7. The summed E-state index contributed by atoms with van der Waals surface area (Å²) in [6, 6.07) is 5.85. The van der Waals surface area contributed by atoms with Gasteiger partial charge in [-0.2, -0.15) is 0 Å². The molecule has 0 saturated carbocycles.